The summed E-state index contributed by atoms with van der Waals surface area (Å²) < 4.78 is 15.1. The number of hydrogen-bond acceptors (Lipinski definition) is 7. The number of pyridine rings is 1. The second kappa shape index (κ2) is 9.34. The molecule has 7 nitrogen and oxygen atoms in total. The number of piperazine rings is 1. The second-order valence-electron chi connectivity index (χ2n) is 8.83. The lowest BCUT2D eigenvalue weighted by molar-refractivity contribution is 0.311. The van der Waals surface area contributed by atoms with Gasteiger partial charge in [-0.15, -0.1) is 0 Å². The van der Waals surface area contributed by atoms with Crippen LogP contribution in [0.2, 0.25) is 0 Å². The highest BCUT2D eigenvalue weighted by Crippen LogP contribution is 2.29. The third-order valence-corrected chi connectivity index (χ3v) is 6.50. The van der Waals surface area contributed by atoms with Gasteiger partial charge in [0.15, 0.2) is 5.82 Å². The average molecular weight is 436 g/mol. The Balaban J connectivity index is 1.42. The molecule has 2 aromatic heterocycles. The van der Waals surface area contributed by atoms with Crippen molar-refractivity contribution in [1.82, 2.24) is 25.2 Å². The van der Waals surface area contributed by atoms with Gasteiger partial charge >= 0.3 is 0 Å². The average Bonchev–Trinajstić information content (AvgIpc) is 2.83. The van der Waals surface area contributed by atoms with Crippen molar-refractivity contribution in [1.29, 1.82) is 0 Å². The smallest absolute Gasteiger partial charge is 0.154 e. The SMILES string of the molecule is CN1CCN(c2ccc(-c3cc4nccnc4c(NC[C@H]4CCCNC4)n3)cc2F)CC1. The molecule has 168 valence electrons. The van der Waals surface area contributed by atoms with Gasteiger partial charge in [-0.3, -0.25) is 4.98 Å². The standard InChI is InChI=1S/C24H30FN7/c1-31-9-11-32(12-10-31)22-5-4-18(13-19(22)25)20-14-21-23(28-8-7-27-21)24(30-20)29-16-17-3-2-6-26-15-17/h4-5,7-8,13-14,17,26H,2-3,6,9-12,15-16H2,1H3,(H,29,30)/t17-/m0/s1. The minimum absolute atomic E-state index is 0.212. The van der Waals surface area contributed by atoms with E-state index in [-0.39, 0.29) is 5.82 Å². The highest BCUT2D eigenvalue weighted by Gasteiger charge is 2.19. The van der Waals surface area contributed by atoms with Crippen LogP contribution in [0.1, 0.15) is 12.8 Å². The zero-order chi connectivity index (χ0) is 21.9. The number of aromatic nitrogens is 3. The van der Waals surface area contributed by atoms with Crippen LogP contribution in [0.15, 0.2) is 36.7 Å². The van der Waals surface area contributed by atoms with Crippen LogP contribution in [0, 0.1) is 11.7 Å². The maximum absolute atomic E-state index is 15.1. The van der Waals surface area contributed by atoms with Gasteiger partial charge in [0.05, 0.1) is 16.9 Å². The summed E-state index contributed by atoms with van der Waals surface area (Å²) in [5.41, 5.74) is 3.60. The van der Waals surface area contributed by atoms with Gasteiger partial charge in [0.25, 0.3) is 0 Å². The largest absolute Gasteiger partial charge is 0.368 e. The predicted molar refractivity (Wildman–Crippen MR) is 127 cm³/mol. The topological polar surface area (TPSA) is 69.2 Å². The molecule has 0 bridgehead atoms. The molecule has 2 saturated heterocycles. The van der Waals surface area contributed by atoms with Crippen molar-refractivity contribution in [3.63, 3.8) is 0 Å². The van der Waals surface area contributed by atoms with E-state index in [1.54, 1.807) is 18.5 Å². The molecule has 0 unspecified atom stereocenters. The number of likely N-dealkylation sites (N-methyl/N-ethyl adjacent to an activating group) is 1. The molecule has 32 heavy (non-hydrogen) atoms. The molecular weight excluding hydrogens is 405 g/mol. The minimum Gasteiger partial charge on any atom is -0.368 e. The number of nitrogens with one attached hydrogen (secondary N) is 2. The fourth-order valence-electron chi connectivity index (χ4n) is 4.55. The molecule has 0 radical (unpaired) electrons. The first-order valence-electron chi connectivity index (χ1n) is 11.5. The van der Waals surface area contributed by atoms with Gasteiger partial charge in [-0.1, -0.05) is 6.07 Å². The fourth-order valence-corrected chi connectivity index (χ4v) is 4.55. The minimum atomic E-state index is -0.212. The molecule has 2 N–H and O–H groups in total. The number of benzene rings is 1. The number of anilines is 2. The van der Waals surface area contributed by atoms with Crippen molar-refractivity contribution >= 4 is 22.5 Å². The summed E-state index contributed by atoms with van der Waals surface area (Å²) in [5.74, 6) is 1.05. The zero-order valence-corrected chi connectivity index (χ0v) is 18.5. The highest BCUT2D eigenvalue weighted by atomic mass is 19.1. The van der Waals surface area contributed by atoms with Crippen LogP contribution in [0.4, 0.5) is 15.9 Å². The molecule has 3 aromatic rings. The Morgan fingerprint density at radius 2 is 1.97 bits per heavy atom. The maximum Gasteiger partial charge on any atom is 0.154 e. The summed E-state index contributed by atoms with van der Waals surface area (Å²) in [5, 5.41) is 6.94. The van der Waals surface area contributed by atoms with Crippen LogP contribution in [0.3, 0.4) is 0 Å². The summed E-state index contributed by atoms with van der Waals surface area (Å²) in [6.45, 7) is 6.48. The van der Waals surface area contributed by atoms with Crippen molar-refractivity contribution < 1.29 is 4.39 Å². The lowest BCUT2D eigenvalue weighted by atomic mass is 10.00. The van der Waals surface area contributed by atoms with Gasteiger partial charge in [0, 0.05) is 50.7 Å². The summed E-state index contributed by atoms with van der Waals surface area (Å²) in [6, 6.07) is 7.31. The number of hydrogen-bond donors (Lipinski definition) is 2. The molecule has 1 aromatic carbocycles. The van der Waals surface area contributed by atoms with Crippen molar-refractivity contribution in [3.05, 3.63) is 42.5 Å². The normalized spacial score (nSPS) is 19.9. The molecule has 0 saturated carbocycles. The first kappa shape index (κ1) is 21.0. The Hall–Kier alpha value is -2.84. The Morgan fingerprint density at radius 3 is 2.75 bits per heavy atom. The molecular formula is C24H30FN7. The molecule has 8 heteroatoms. The second-order valence-corrected chi connectivity index (χ2v) is 8.83. The number of halogens is 1. The van der Waals surface area contributed by atoms with Crippen molar-refractivity contribution in [2.24, 2.45) is 5.92 Å². The number of fused-ring (bicyclic) bond motifs is 1. The predicted octanol–water partition coefficient (Wildman–Crippen LogP) is 2.99. The zero-order valence-electron chi connectivity index (χ0n) is 18.5. The number of nitrogens with zero attached hydrogens (tertiary/aromatic N) is 5. The first-order valence-corrected chi connectivity index (χ1v) is 11.5. The van der Waals surface area contributed by atoms with E-state index in [0.29, 0.717) is 23.1 Å². The van der Waals surface area contributed by atoms with Gasteiger partial charge in [-0.25, -0.2) is 14.4 Å². The Kier molecular flexibility index (Phi) is 6.14. The maximum atomic E-state index is 15.1. The summed E-state index contributed by atoms with van der Waals surface area (Å²) in [6.07, 6.45) is 5.75. The molecule has 4 heterocycles. The Morgan fingerprint density at radius 1 is 1.12 bits per heavy atom. The Bertz CT molecular complexity index is 1080. The third kappa shape index (κ3) is 4.52. The van der Waals surface area contributed by atoms with Gasteiger partial charge in [-0.2, -0.15) is 0 Å². The molecule has 0 aliphatic carbocycles. The number of rotatable bonds is 5. The van der Waals surface area contributed by atoms with E-state index in [0.717, 1.165) is 62.4 Å². The van der Waals surface area contributed by atoms with Crippen LogP contribution >= 0.6 is 0 Å². The van der Waals surface area contributed by atoms with E-state index in [4.69, 9.17) is 4.98 Å². The van der Waals surface area contributed by atoms with Crippen molar-refractivity contribution in [2.75, 3.05) is 63.1 Å². The molecule has 2 fully saturated rings. The van der Waals surface area contributed by atoms with Gasteiger partial charge in [0.2, 0.25) is 0 Å². The molecule has 5 rings (SSSR count). The van der Waals surface area contributed by atoms with E-state index in [2.05, 4.69) is 37.4 Å². The summed E-state index contributed by atoms with van der Waals surface area (Å²) >= 11 is 0. The van der Waals surface area contributed by atoms with E-state index in [9.17, 15) is 0 Å². The highest BCUT2D eigenvalue weighted by molar-refractivity contribution is 5.88. The van der Waals surface area contributed by atoms with Gasteiger partial charge in [-0.05, 0) is 57.1 Å². The van der Waals surface area contributed by atoms with Crippen molar-refractivity contribution in [3.8, 4) is 11.3 Å². The molecule has 2 aliphatic rings. The van der Waals surface area contributed by atoms with E-state index in [1.165, 1.54) is 12.8 Å². The Labute approximate surface area is 188 Å². The van der Waals surface area contributed by atoms with Crippen LogP contribution < -0.4 is 15.5 Å². The van der Waals surface area contributed by atoms with Crippen molar-refractivity contribution in [2.45, 2.75) is 12.8 Å². The molecule has 1 atom stereocenters. The lowest BCUT2D eigenvalue weighted by Crippen LogP contribution is -2.44. The van der Waals surface area contributed by atoms with Crippen LogP contribution in [0.5, 0.6) is 0 Å². The number of piperidine rings is 1. The third-order valence-electron chi connectivity index (χ3n) is 6.50. The molecule has 0 amide bonds. The van der Waals surface area contributed by atoms with E-state index in [1.807, 2.05) is 18.2 Å². The summed E-state index contributed by atoms with van der Waals surface area (Å²) in [7, 11) is 2.10. The fraction of sp³-hybridized carbons (Fsp3) is 0.458. The summed E-state index contributed by atoms with van der Waals surface area (Å²) in [4.78, 5) is 18.2. The van der Waals surface area contributed by atoms with E-state index < -0.39 is 0 Å². The van der Waals surface area contributed by atoms with Crippen LogP contribution in [-0.2, 0) is 0 Å². The van der Waals surface area contributed by atoms with Crippen LogP contribution in [-0.4, -0.2) is 72.7 Å². The molecule has 2 aliphatic heterocycles. The lowest BCUT2D eigenvalue weighted by Gasteiger charge is -2.34. The first-order chi connectivity index (χ1) is 15.7. The quantitative estimate of drug-likeness (QED) is 0.639. The molecule has 0 spiro atoms. The van der Waals surface area contributed by atoms with Gasteiger partial charge < -0.3 is 20.4 Å². The van der Waals surface area contributed by atoms with Gasteiger partial charge in [0.1, 0.15) is 11.3 Å². The van der Waals surface area contributed by atoms with Crippen LogP contribution in [0.25, 0.3) is 22.3 Å². The van der Waals surface area contributed by atoms with E-state index >= 15 is 4.39 Å². The monoisotopic (exact) mass is 435 g/mol.